The fourth-order valence-electron chi connectivity index (χ4n) is 2.59. The summed E-state index contributed by atoms with van der Waals surface area (Å²) in [5.74, 6) is -0.366. The van der Waals surface area contributed by atoms with E-state index in [1.54, 1.807) is 10.6 Å². The Hall–Kier alpha value is -2.33. The SMILES string of the molecule is CCn1c(=O)oc2cc(C(O)c3cccc(C)c3)ccc21. The third kappa shape index (κ3) is 2.38. The lowest BCUT2D eigenvalue weighted by atomic mass is 10.00. The summed E-state index contributed by atoms with van der Waals surface area (Å²) >= 11 is 0. The molecule has 4 nitrogen and oxygen atoms in total. The van der Waals surface area contributed by atoms with Crippen molar-refractivity contribution in [1.29, 1.82) is 0 Å². The minimum atomic E-state index is -0.732. The number of hydrogen-bond acceptors (Lipinski definition) is 3. The van der Waals surface area contributed by atoms with Gasteiger partial charge in [-0.15, -0.1) is 0 Å². The zero-order chi connectivity index (χ0) is 15.0. The molecule has 1 unspecified atom stereocenters. The standard InChI is InChI=1S/C17H17NO3/c1-3-18-14-8-7-13(10-15(14)21-17(18)20)16(19)12-6-4-5-11(2)9-12/h4-10,16,19H,3H2,1-2H3. The van der Waals surface area contributed by atoms with Gasteiger partial charge in [-0.25, -0.2) is 4.79 Å². The Kier molecular flexibility index (Phi) is 3.39. The third-order valence-corrected chi connectivity index (χ3v) is 3.68. The van der Waals surface area contributed by atoms with Gasteiger partial charge in [0, 0.05) is 6.54 Å². The summed E-state index contributed by atoms with van der Waals surface area (Å²) in [6, 6.07) is 13.1. The van der Waals surface area contributed by atoms with Crippen LogP contribution in [0.15, 0.2) is 51.7 Å². The van der Waals surface area contributed by atoms with Crippen molar-refractivity contribution in [3.63, 3.8) is 0 Å². The molecule has 0 aliphatic heterocycles. The van der Waals surface area contributed by atoms with E-state index in [9.17, 15) is 9.90 Å². The summed E-state index contributed by atoms with van der Waals surface area (Å²) in [6.45, 7) is 4.44. The highest BCUT2D eigenvalue weighted by atomic mass is 16.4. The maximum absolute atomic E-state index is 11.7. The van der Waals surface area contributed by atoms with Crippen molar-refractivity contribution in [2.75, 3.05) is 0 Å². The first-order valence-corrected chi connectivity index (χ1v) is 6.98. The molecule has 0 spiro atoms. The Bertz CT molecular complexity index is 845. The van der Waals surface area contributed by atoms with Crippen LogP contribution in [-0.2, 0) is 6.54 Å². The topological polar surface area (TPSA) is 55.4 Å². The molecule has 3 aromatic rings. The van der Waals surface area contributed by atoms with Crippen LogP contribution in [0.1, 0.15) is 29.7 Å². The second-order valence-corrected chi connectivity index (χ2v) is 5.16. The summed E-state index contributed by atoms with van der Waals surface area (Å²) in [4.78, 5) is 11.7. The number of aliphatic hydroxyl groups is 1. The molecule has 0 aliphatic rings. The molecule has 0 saturated carbocycles. The highest BCUT2D eigenvalue weighted by Gasteiger charge is 2.14. The number of nitrogens with zero attached hydrogens (tertiary/aromatic N) is 1. The predicted octanol–water partition coefficient (Wildman–Crippen LogP) is 3.00. The first kappa shape index (κ1) is 13.6. The van der Waals surface area contributed by atoms with Crippen LogP contribution in [0, 0.1) is 6.92 Å². The van der Waals surface area contributed by atoms with Crippen molar-refractivity contribution in [3.05, 3.63) is 69.7 Å². The van der Waals surface area contributed by atoms with Crippen LogP contribution in [0.5, 0.6) is 0 Å². The molecule has 1 heterocycles. The smallest absolute Gasteiger partial charge is 0.408 e. The summed E-state index contributed by atoms with van der Waals surface area (Å²) in [7, 11) is 0. The van der Waals surface area contributed by atoms with Crippen LogP contribution in [0.2, 0.25) is 0 Å². The Morgan fingerprint density at radius 1 is 1.19 bits per heavy atom. The Morgan fingerprint density at radius 3 is 2.67 bits per heavy atom. The van der Waals surface area contributed by atoms with Crippen molar-refractivity contribution in [1.82, 2.24) is 4.57 Å². The fourth-order valence-corrected chi connectivity index (χ4v) is 2.59. The molecule has 1 atom stereocenters. The van der Waals surface area contributed by atoms with E-state index in [0.717, 1.165) is 16.6 Å². The van der Waals surface area contributed by atoms with Crippen molar-refractivity contribution in [2.24, 2.45) is 0 Å². The van der Waals surface area contributed by atoms with E-state index in [2.05, 4.69) is 0 Å². The highest BCUT2D eigenvalue weighted by molar-refractivity contribution is 5.74. The molecule has 0 aliphatic carbocycles. The Labute approximate surface area is 122 Å². The number of rotatable bonds is 3. The number of fused-ring (bicyclic) bond motifs is 1. The molecule has 1 N–H and O–H groups in total. The van der Waals surface area contributed by atoms with Gasteiger partial charge in [-0.3, -0.25) is 4.57 Å². The molecule has 0 fully saturated rings. The molecule has 3 rings (SSSR count). The summed E-state index contributed by atoms with van der Waals surface area (Å²) in [6.07, 6.45) is -0.732. The predicted molar refractivity (Wildman–Crippen MR) is 81.4 cm³/mol. The van der Waals surface area contributed by atoms with E-state index in [1.807, 2.05) is 50.2 Å². The van der Waals surface area contributed by atoms with E-state index in [1.165, 1.54) is 0 Å². The Balaban J connectivity index is 2.07. The van der Waals surface area contributed by atoms with Gasteiger partial charge in [0.2, 0.25) is 0 Å². The average Bonchev–Trinajstić information content (AvgIpc) is 2.80. The minimum absolute atomic E-state index is 0.366. The maximum atomic E-state index is 11.7. The number of aliphatic hydroxyl groups excluding tert-OH is 1. The van der Waals surface area contributed by atoms with Gasteiger partial charge in [0.25, 0.3) is 0 Å². The molecule has 4 heteroatoms. The van der Waals surface area contributed by atoms with Gasteiger partial charge in [-0.1, -0.05) is 35.9 Å². The molecule has 0 saturated heterocycles. The van der Waals surface area contributed by atoms with E-state index < -0.39 is 6.10 Å². The lowest BCUT2D eigenvalue weighted by Gasteiger charge is -2.12. The van der Waals surface area contributed by atoms with E-state index in [0.29, 0.717) is 17.7 Å². The van der Waals surface area contributed by atoms with Gasteiger partial charge in [0.15, 0.2) is 5.58 Å². The molecule has 0 radical (unpaired) electrons. The second-order valence-electron chi connectivity index (χ2n) is 5.16. The maximum Gasteiger partial charge on any atom is 0.419 e. The quantitative estimate of drug-likeness (QED) is 0.804. The van der Waals surface area contributed by atoms with Crippen LogP contribution in [0.4, 0.5) is 0 Å². The van der Waals surface area contributed by atoms with Gasteiger partial charge in [0.1, 0.15) is 6.10 Å². The highest BCUT2D eigenvalue weighted by Crippen LogP contribution is 2.25. The summed E-state index contributed by atoms with van der Waals surface area (Å²) in [5, 5.41) is 10.5. The normalized spacial score (nSPS) is 12.7. The molecular weight excluding hydrogens is 266 g/mol. The Morgan fingerprint density at radius 2 is 1.95 bits per heavy atom. The third-order valence-electron chi connectivity index (χ3n) is 3.68. The number of hydrogen-bond donors (Lipinski definition) is 1. The van der Waals surface area contributed by atoms with Crippen molar-refractivity contribution < 1.29 is 9.52 Å². The van der Waals surface area contributed by atoms with Crippen molar-refractivity contribution in [2.45, 2.75) is 26.5 Å². The van der Waals surface area contributed by atoms with Crippen molar-refractivity contribution >= 4 is 11.1 Å². The second kappa shape index (κ2) is 5.22. The zero-order valence-corrected chi connectivity index (χ0v) is 12.0. The van der Waals surface area contributed by atoms with Gasteiger partial charge in [0.05, 0.1) is 5.52 Å². The first-order chi connectivity index (χ1) is 10.1. The number of aromatic nitrogens is 1. The van der Waals surface area contributed by atoms with E-state index in [-0.39, 0.29) is 5.76 Å². The molecule has 2 aromatic carbocycles. The van der Waals surface area contributed by atoms with Crippen LogP contribution >= 0.6 is 0 Å². The van der Waals surface area contributed by atoms with Gasteiger partial charge < -0.3 is 9.52 Å². The fraction of sp³-hybridized carbons (Fsp3) is 0.235. The molecular formula is C17H17NO3. The van der Waals surface area contributed by atoms with Crippen LogP contribution in [-0.4, -0.2) is 9.67 Å². The lowest BCUT2D eigenvalue weighted by Crippen LogP contribution is -2.11. The van der Waals surface area contributed by atoms with Crippen molar-refractivity contribution in [3.8, 4) is 0 Å². The monoisotopic (exact) mass is 283 g/mol. The average molecular weight is 283 g/mol. The summed E-state index contributed by atoms with van der Waals surface area (Å²) in [5.41, 5.74) is 3.89. The first-order valence-electron chi connectivity index (χ1n) is 6.98. The van der Waals surface area contributed by atoms with E-state index in [4.69, 9.17) is 4.42 Å². The molecule has 0 amide bonds. The van der Waals surface area contributed by atoms with E-state index >= 15 is 0 Å². The lowest BCUT2D eigenvalue weighted by molar-refractivity contribution is 0.220. The summed E-state index contributed by atoms with van der Waals surface area (Å²) < 4.78 is 6.80. The minimum Gasteiger partial charge on any atom is -0.408 e. The number of aryl methyl sites for hydroxylation is 2. The number of oxazole rings is 1. The number of benzene rings is 2. The van der Waals surface area contributed by atoms with Crippen LogP contribution < -0.4 is 5.76 Å². The van der Waals surface area contributed by atoms with Gasteiger partial charge in [-0.2, -0.15) is 0 Å². The molecule has 1 aromatic heterocycles. The molecule has 0 bridgehead atoms. The van der Waals surface area contributed by atoms with Crippen LogP contribution in [0.25, 0.3) is 11.1 Å². The largest absolute Gasteiger partial charge is 0.419 e. The van der Waals surface area contributed by atoms with Gasteiger partial charge in [-0.05, 0) is 37.1 Å². The molecule has 108 valence electrons. The zero-order valence-electron chi connectivity index (χ0n) is 12.0. The molecule has 21 heavy (non-hydrogen) atoms. The van der Waals surface area contributed by atoms with Crippen LogP contribution in [0.3, 0.4) is 0 Å². The van der Waals surface area contributed by atoms with Gasteiger partial charge >= 0.3 is 5.76 Å².